The van der Waals surface area contributed by atoms with Crippen LogP contribution < -0.4 is 9.47 Å². The Morgan fingerprint density at radius 3 is 2.50 bits per heavy atom. The van der Waals surface area contributed by atoms with Crippen molar-refractivity contribution in [2.24, 2.45) is 0 Å². The predicted octanol–water partition coefficient (Wildman–Crippen LogP) is 5.14. The lowest BCUT2D eigenvalue weighted by atomic mass is 10.0. The molecule has 0 aromatic heterocycles. The quantitative estimate of drug-likeness (QED) is 0.364. The van der Waals surface area contributed by atoms with Crippen LogP contribution in [0.3, 0.4) is 0 Å². The van der Waals surface area contributed by atoms with Gasteiger partial charge < -0.3 is 9.47 Å². The van der Waals surface area contributed by atoms with Crippen molar-refractivity contribution in [3.8, 4) is 11.5 Å². The molecule has 4 nitrogen and oxygen atoms in total. The molecule has 28 heavy (non-hydrogen) atoms. The van der Waals surface area contributed by atoms with Gasteiger partial charge >= 0.3 is 5.97 Å². The van der Waals surface area contributed by atoms with E-state index in [1.54, 1.807) is 49.4 Å². The second kappa shape index (κ2) is 7.16. The van der Waals surface area contributed by atoms with Gasteiger partial charge in [0.15, 0.2) is 5.76 Å². The Morgan fingerprint density at radius 2 is 1.75 bits per heavy atom. The molecular formula is C24H18O4. The minimum Gasteiger partial charge on any atom is -0.452 e. The summed E-state index contributed by atoms with van der Waals surface area (Å²) in [6.45, 7) is 3.79. The first kappa shape index (κ1) is 17.7. The van der Waals surface area contributed by atoms with E-state index in [0.717, 1.165) is 11.1 Å². The number of aryl methyl sites for hydroxylation is 2. The van der Waals surface area contributed by atoms with Gasteiger partial charge in [-0.15, -0.1) is 0 Å². The van der Waals surface area contributed by atoms with Crippen LogP contribution in [0.15, 0.2) is 72.5 Å². The summed E-state index contributed by atoms with van der Waals surface area (Å²) in [4.78, 5) is 25.0. The minimum atomic E-state index is -0.459. The van der Waals surface area contributed by atoms with Crippen LogP contribution >= 0.6 is 0 Å². The molecule has 0 radical (unpaired) electrons. The van der Waals surface area contributed by atoms with Crippen molar-refractivity contribution in [1.29, 1.82) is 0 Å². The van der Waals surface area contributed by atoms with Gasteiger partial charge in [0.25, 0.3) is 0 Å². The maximum atomic E-state index is 12.8. The van der Waals surface area contributed by atoms with Gasteiger partial charge in [0.2, 0.25) is 5.78 Å². The number of fused-ring (bicyclic) bond motifs is 1. The molecule has 0 amide bonds. The van der Waals surface area contributed by atoms with Crippen LogP contribution in [-0.2, 0) is 0 Å². The molecule has 0 bridgehead atoms. The monoisotopic (exact) mass is 370 g/mol. The van der Waals surface area contributed by atoms with Crippen LogP contribution in [-0.4, -0.2) is 11.8 Å². The van der Waals surface area contributed by atoms with Crippen molar-refractivity contribution >= 4 is 17.8 Å². The Morgan fingerprint density at radius 1 is 0.964 bits per heavy atom. The maximum absolute atomic E-state index is 12.8. The molecule has 3 aromatic carbocycles. The second-order valence-corrected chi connectivity index (χ2v) is 6.72. The summed E-state index contributed by atoms with van der Waals surface area (Å²) in [5.41, 5.74) is 3.65. The molecule has 0 saturated carbocycles. The molecule has 0 N–H and O–H groups in total. The first-order valence-electron chi connectivity index (χ1n) is 8.94. The van der Waals surface area contributed by atoms with Crippen LogP contribution in [0.25, 0.3) is 6.08 Å². The number of rotatable bonds is 3. The van der Waals surface area contributed by atoms with E-state index in [1.807, 2.05) is 37.3 Å². The fraction of sp³-hybridized carbons (Fsp3) is 0.0833. The first-order valence-corrected chi connectivity index (χ1v) is 8.94. The van der Waals surface area contributed by atoms with Crippen molar-refractivity contribution in [3.05, 3.63) is 100 Å². The molecule has 0 aliphatic carbocycles. The molecule has 4 heteroatoms. The van der Waals surface area contributed by atoms with Crippen LogP contribution in [0.4, 0.5) is 0 Å². The highest BCUT2D eigenvalue weighted by atomic mass is 16.5. The van der Waals surface area contributed by atoms with Gasteiger partial charge in [0.1, 0.15) is 11.5 Å². The van der Waals surface area contributed by atoms with E-state index in [-0.39, 0.29) is 11.5 Å². The van der Waals surface area contributed by atoms with Gasteiger partial charge in [-0.2, -0.15) is 0 Å². The van der Waals surface area contributed by atoms with E-state index in [4.69, 9.17) is 9.47 Å². The van der Waals surface area contributed by atoms with Crippen LogP contribution in [0, 0.1) is 13.8 Å². The molecule has 1 aliphatic heterocycles. The molecule has 0 saturated heterocycles. The fourth-order valence-electron chi connectivity index (χ4n) is 3.19. The highest BCUT2D eigenvalue weighted by Crippen LogP contribution is 2.37. The van der Waals surface area contributed by atoms with E-state index in [9.17, 15) is 9.59 Å². The zero-order chi connectivity index (χ0) is 19.7. The van der Waals surface area contributed by atoms with E-state index >= 15 is 0 Å². The molecule has 4 rings (SSSR count). The Kier molecular flexibility index (Phi) is 4.53. The average molecular weight is 370 g/mol. The number of carbonyl (C=O) groups is 2. The summed E-state index contributed by atoms with van der Waals surface area (Å²) in [7, 11) is 0. The van der Waals surface area contributed by atoms with E-state index < -0.39 is 5.97 Å². The molecule has 0 spiro atoms. The molecule has 0 fully saturated rings. The molecule has 0 atom stereocenters. The summed E-state index contributed by atoms with van der Waals surface area (Å²) in [6, 6.07) is 19.8. The smallest absolute Gasteiger partial charge is 0.343 e. The Hall–Kier alpha value is -3.66. The highest BCUT2D eigenvalue weighted by Gasteiger charge is 2.30. The largest absolute Gasteiger partial charge is 0.452 e. The fourth-order valence-corrected chi connectivity index (χ4v) is 3.19. The van der Waals surface area contributed by atoms with E-state index in [1.165, 1.54) is 0 Å². The first-order chi connectivity index (χ1) is 13.5. The number of esters is 1. The number of hydrogen-bond donors (Lipinski definition) is 0. The lowest BCUT2D eigenvalue weighted by Crippen LogP contribution is -2.08. The lowest BCUT2D eigenvalue weighted by molar-refractivity contribution is 0.0734. The van der Waals surface area contributed by atoms with Gasteiger partial charge in [-0.05, 0) is 49.2 Å². The third-order valence-corrected chi connectivity index (χ3v) is 4.50. The number of allylic oxidation sites excluding steroid dienone is 1. The average Bonchev–Trinajstić information content (AvgIpc) is 2.98. The summed E-state index contributed by atoms with van der Waals surface area (Å²) in [6.07, 6.45) is 1.73. The number of benzene rings is 3. The normalized spacial score (nSPS) is 13.9. The molecule has 1 aliphatic rings. The van der Waals surface area contributed by atoms with Gasteiger partial charge in [-0.1, -0.05) is 48.0 Å². The van der Waals surface area contributed by atoms with Crippen LogP contribution in [0.1, 0.15) is 37.4 Å². The van der Waals surface area contributed by atoms with Crippen molar-refractivity contribution < 1.29 is 19.1 Å². The summed E-state index contributed by atoms with van der Waals surface area (Å²) < 4.78 is 11.3. The standard InChI is InChI=1S/C24H18O4/c1-15-7-6-8-17(11-15)13-21-23(25)22-16(2)12-19(14-20(22)28-21)27-24(26)18-9-4-3-5-10-18/h3-14H,1-2H3/b21-13-. The lowest BCUT2D eigenvalue weighted by Gasteiger charge is -2.07. The molecule has 3 aromatic rings. The van der Waals surface area contributed by atoms with Gasteiger partial charge in [0.05, 0.1) is 11.1 Å². The number of hydrogen-bond acceptors (Lipinski definition) is 4. The van der Waals surface area contributed by atoms with Crippen LogP contribution in [0.5, 0.6) is 11.5 Å². The number of carbonyl (C=O) groups excluding carboxylic acids is 2. The minimum absolute atomic E-state index is 0.171. The number of Topliss-reactive ketones (excluding diaryl/α,β-unsaturated/α-hetero) is 1. The van der Waals surface area contributed by atoms with E-state index in [0.29, 0.717) is 28.2 Å². The highest BCUT2D eigenvalue weighted by molar-refractivity contribution is 6.15. The third-order valence-electron chi connectivity index (χ3n) is 4.50. The topological polar surface area (TPSA) is 52.6 Å². The van der Waals surface area contributed by atoms with Gasteiger partial charge in [0, 0.05) is 6.07 Å². The number of ether oxygens (including phenoxy) is 2. The Balaban J connectivity index is 1.62. The van der Waals surface area contributed by atoms with Crippen molar-refractivity contribution in [2.75, 3.05) is 0 Å². The van der Waals surface area contributed by atoms with Gasteiger partial charge in [-0.25, -0.2) is 4.79 Å². The number of ketones is 1. The zero-order valence-corrected chi connectivity index (χ0v) is 15.6. The van der Waals surface area contributed by atoms with Crippen LogP contribution in [0.2, 0.25) is 0 Å². The Labute approximate surface area is 163 Å². The molecule has 0 unspecified atom stereocenters. The SMILES string of the molecule is Cc1cccc(/C=C2\Oc3cc(OC(=O)c4ccccc4)cc(C)c3C2=O)c1. The van der Waals surface area contributed by atoms with Crippen molar-refractivity contribution in [2.45, 2.75) is 13.8 Å². The second-order valence-electron chi connectivity index (χ2n) is 6.72. The summed E-state index contributed by atoms with van der Waals surface area (Å²) in [5.74, 6) is 0.374. The van der Waals surface area contributed by atoms with E-state index in [2.05, 4.69) is 0 Å². The maximum Gasteiger partial charge on any atom is 0.343 e. The predicted molar refractivity (Wildman–Crippen MR) is 107 cm³/mol. The summed E-state index contributed by atoms with van der Waals surface area (Å²) in [5, 5.41) is 0. The molecular weight excluding hydrogens is 352 g/mol. The zero-order valence-electron chi connectivity index (χ0n) is 15.6. The Bertz CT molecular complexity index is 1110. The van der Waals surface area contributed by atoms with Crippen molar-refractivity contribution in [3.63, 3.8) is 0 Å². The third kappa shape index (κ3) is 3.45. The molecule has 1 heterocycles. The van der Waals surface area contributed by atoms with Crippen molar-refractivity contribution in [1.82, 2.24) is 0 Å². The molecule has 138 valence electrons. The van der Waals surface area contributed by atoms with Gasteiger partial charge in [-0.3, -0.25) is 4.79 Å². The summed E-state index contributed by atoms with van der Waals surface area (Å²) >= 11 is 0.